The Morgan fingerprint density at radius 2 is 1.56 bits per heavy atom. The molecule has 6 nitrogen and oxygen atoms in total. The minimum atomic E-state index is -1.08. The van der Waals surface area contributed by atoms with Crippen LogP contribution in [-0.2, 0) is 13.0 Å². The van der Waals surface area contributed by atoms with E-state index in [1.54, 1.807) is 23.1 Å². The minimum Gasteiger partial charge on any atom is -0.391 e. The summed E-state index contributed by atoms with van der Waals surface area (Å²) in [6.45, 7) is 5.08. The highest BCUT2D eigenvalue weighted by molar-refractivity contribution is 6.02. The summed E-state index contributed by atoms with van der Waals surface area (Å²) in [5, 5.41) is 14.5. The Balaban J connectivity index is 2.02. The highest BCUT2D eigenvalue weighted by Gasteiger charge is 2.31. The molecule has 0 aliphatic rings. The maximum Gasteiger partial charge on any atom is 0.254 e. The van der Waals surface area contributed by atoms with E-state index in [9.17, 15) is 23.5 Å². The monoisotopic (exact) mass is 537 g/mol. The Morgan fingerprint density at radius 1 is 0.923 bits per heavy atom. The van der Waals surface area contributed by atoms with Crippen LogP contribution in [0.1, 0.15) is 70.0 Å². The standard InChI is InChI=1S/C31H37F2N3O3/c1-3-16-36(17-4-2)31(39)24-14-9-13-23(30(34)38)28(24)25(18-21-10-6-5-7-11-21)27(37)20-35-19-22-12-8-15-26(32)29(22)33/h5-15,25,27,35,37H,3-4,16-20H2,1-2H3,(H2,34,38)/t25-,27+/m1/s1. The van der Waals surface area contributed by atoms with Gasteiger partial charge in [-0.2, -0.15) is 0 Å². The molecule has 0 bridgehead atoms. The molecule has 2 amide bonds. The molecule has 8 heteroatoms. The molecule has 39 heavy (non-hydrogen) atoms. The zero-order valence-electron chi connectivity index (χ0n) is 22.5. The van der Waals surface area contributed by atoms with Crippen LogP contribution in [0, 0.1) is 11.6 Å². The van der Waals surface area contributed by atoms with Crippen molar-refractivity contribution in [2.24, 2.45) is 5.73 Å². The number of nitrogens with one attached hydrogen (secondary N) is 1. The number of aliphatic hydroxyl groups excluding tert-OH is 1. The van der Waals surface area contributed by atoms with Crippen LogP contribution < -0.4 is 11.1 Å². The van der Waals surface area contributed by atoms with Gasteiger partial charge in [-0.1, -0.05) is 62.4 Å². The summed E-state index contributed by atoms with van der Waals surface area (Å²) in [6, 6.07) is 18.2. The topological polar surface area (TPSA) is 95.7 Å². The first-order valence-corrected chi connectivity index (χ1v) is 13.4. The van der Waals surface area contributed by atoms with Crippen LogP contribution in [0.2, 0.25) is 0 Å². The van der Waals surface area contributed by atoms with Crippen molar-refractivity contribution in [3.05, 3.63) is 106 Å². The Morgan fingerprint density at radius 3 is 2.21 bits per heavy atom. The van der Waals surface area contributed by atoms with Crippen LogP contribution in [0.4, 0.5) is 8.78 Å². The van der Waals surface area contributed by atoms with Gasteiger partial charge in [0.1, 0.15) is 0 Å². The average molecular weight is 538 g/mol. The third kappa shape index (κ3) is 7.71. The Kier molecular flexibility index (Phi) is 11.1. The average Bonchev–Trinajstić information content (AvgIpc) is 2.93. The van der Waals surface area contributed by atoms with Crippen LogP contribution in [0.3, 0.4) is 0 Å². The lowest BCUT2D eigenvalue weighted by atomic mass is 9.81. The van der Waals surface area contributed by atoms with Crippen molar-refractivity contribution in [2.75, 3.05) is 19.6 Å². The fraction of sp³-hybridized carbons (Fsp3) is 0.355. The summed E-state index contributed by atoms with van der Waals surface area (Å²) in [7, 11) is 0. The number of rotatable bonds is 14. The predicted octanol–water partition coefficient (Wildman–Crippen LogP) is 4.80. The van der Waals surface area contributed by atoms with Crippen LogP contribution in [0.25, 0.3) is 0 Å². The maximum absolute atomic E-state index is 14.2. The molecule has 0 saturated carbocycles. The first-order chi connectivity index (χ1) is 18.8. The number of nitrogens with two attached hydrogens (primary N) is 1. The summed E-state index contributed by atoms with van der Waals surface area (Å²) in [4.78, 5) is 28.1. The maximum atomic E-state index is 14.2. The number of aliphatic hydroxyl groups is 1. The third-order valence-electron chi connectivity index (χ3n) is 6.71. The van der Waals surface area contributed by atoms with E-state index in [2.05, 4.69) is 5.32 Å². The van der Waals surface area contributed by atoms with Gasteiger partial charge in [0, 0.05) is 48.8 Å². The lowest BCUT2D eigenvalue weighted by Crippen LogP contribution is -2.37. The molecule has 4 N–H and O–H groups in total. The van der Waals surface area contributed by atoms with Gasteiger partial charge in [0.15, 0.2) is 11.6 Å². The van der Waals surface area contributed by atoms with Crippen LogP contribution in [-0.4, -0.2) is 47.6 Å². The summed E-state index contributed by atoms with van der Waals surface area (Å²) in [6.07, 6.45) is 0.782. The fourth-order valence-electron chi connectivity index (χ4n) is 4.87. The summed E-state index contributed by atoms with van der Waals surface area (Å²) in [5.74, 6) is -3.50. The van der Waals surface area contributed by atoms with Crippen molar-refractivity contribution >= 4 is 11.8 Å². The second-order valence-corrected chi connectivity index (χ2v) is 9.63. The van der Waals surface area contributed by atoms with Crippen molar-refractivity contribution in [1.82, 2.24) is 10.2 Å². The molecule has 0 radical (unpaired) electrons. The molecule has 3 rings (SSSR count). The highest BCUT2D eigenvalue weighted by Crippen LogP contribution is 2.32. The van der Waals surface area contributed by atoms with Crippen LogP contribution >= 0.6 is 0 Å². The summed E-state index contributed by atoms with van der Waals surface area (Å²) >= 11 is 0. The molecular formula is C31H37F2N3O3. The quantitative estimate of drug-likeness (QED) is 0.275. The number of primary amides is 1. The van der Waals surface area contributed by atoms with Crippen LogP contribution in [0.5, 0.6) is 0 Å². The molecule has 3 aromatic rings. The molecule has 0 unspecified atom stereocenters. The number of hydrogen-bond donors (Lipinski definition) is 3. The van der Waals surface area contributed by atoms with Gasteiger partial charge in [0.2, 0.25) is 5.91 Å². The van der Waals surface area contributed by atoms with E-state index in [4.69, 9.17) is 5.73 Å². The van der Waals surface area contributed by atoms with E-state index in [1.165, 1.54) is 12.1 Å². The molecule has 0 saturated heterocycles. The SMILES string of the molecule is CCCN(CCC)C(=O)c1cccc(C(N)=O)c1[C@H](Cc1ccccc1)[C@@H](O)CNCc1cccc(F)c1F. The summed E-state index contributed by atoms with van der Waals surface area (Å²) < 4.78 is 27.8. The molecule has 2 atom stereocenters. The van der Waals surface area contributed by atoms with E-state index < -0.39 is 29.6 Å². The van der Waals surface area contributed by atoms with Crippen molar-refractivity contribution in [2.45, 2.75) is 51.7 Å². The van der Waals surface area contributed by atoms with E-state index in [-0.39, 0.29) is 30.1 Å². The van der Waals surface area contributed by atoms with Crippen molar-refractivity contribution < 1.29 is 23.5 Å². The smallest absolute Gasteiger partial charge is 0.254 e. The molecule has 208 valence electrons. The van der Waals surface area contributed by atoms with Gasteiger partial charge in [-0.25, -0.2) is 8.78 Å². The molecule has 0 aliphatic carbocycles. The lowest BCUT2D eigenvalue weighted by Gasteiger charge is -2.29. The van der Waals surface area contributed by atoms with Gasteiger partial charge in [0.05, 0.1) is 6.10 Å². The second kappa shape index (κ2) is 14.5. The van der Waals surface area contributed by atoms with Gasteiger partial charge >= 0.3 is 0 Å². The minimum absolute atomic E-state index is 0.00180. The number of carbonyl (C=O) groups is 2. The predicted molar refractivity (Wildman–Crippen MR) is 148 cm³/mol. The molecule has 0 aliphatic heterocycles. The van der Waals surface area contributed by atoms with Gasteiger partial charge in [-0.3, -0.25) is 9.59 Å². The third-order valence-corrected chi connectivity index (χ3v) is 6.71. The van der Waals surface area contributed by atoms with E-state index in [0.29, 0.717) is 30.6 Å². The number of hydrogen-bond acceptors (Lipinski definition) is 4. The molecule has 0 spiro atoms. The van der Waals surface area contributed by atoms with E-state index >= 15 is 0 Å². The number of halogens is 2. The van der Waals surface area contributed by atoms with Crippen LogP contribution in [0.15, 0.2) is 66.7 Å². The number of benzene rings is 3. The highest BCUT2D eigenvalue weighted by atomic mass is 19.2. The number of amides is 2. The Hall–Kier alpha value is -3.62. The van der Waals surface area contributed by atoms with Gasteiger partial charge < -0.3 is 21.1 Å². The largest absolute Gasteiger partial charge is 0.391 e. The van der Waals surface area contributed by atoms with E-state index in [1.807, 2.05) is 44.2 Å². The molecule has 0 fully saturated rings. The Bertz CT molecular complexity index is 1250. The zero-order valence-corrected chi connectivity index (χ0v) is 22.5. The molecule has 0 aromatic heterocycles. The molecular weight excluding hydrogens is 500 g/mol. The molecule has 3 aromatic carbocycles. The fourth-order valence-corrected chi connectivity index (χ4v) is 4.87. The zero-order chi connectivity index (χ0) is 28.4. The first-order valence-electron chi connectivity index (χ1n) is 13.4. The van der Waals surface area contributed by atoms with Crippen molar-refractivity contribution in [3.8, 4) is 0 Å². The number of carbonyl (C=O) groups excluding carboxylic acids is 2. The Labute approximate surface area is 228 Å². The second-order valence-electron chi connectivity index (χ2n) is 9.63. The van der Waals surface area contributed by atoms with Gasteiger partial charge in [0.25, 0.3) is 5.91 Å². The van der Waals surface area contributed by atoms with E-state index in [0.717, 1.165) is 24.5 Å². The first kappa shape index (κ1) is 29.9. The number of nitrogens with zero attached hydrogens (tertiary/aromatic N) is 1. The van der Waals surface area contributed by atoms with Gasteiger partial charge in [-0.15, -0.1) is 0 Å². The summed E-state index contributed by atoms with van der Waals surface area (Å²) in [5.41, 5.74) is 7.69. The normalized spacial score (nSPS) is 12.6. The van der Waals surface area contributed by atoms with Crippen molar-refractivity contribution in [3.63, 3.8) is 0 Å². The lowest BCUT2D eigenvalue weighted by molar-refractivity contribution is 0.0751. The molecule has 0 heterocycles. The van der Waals surface area contributed by atoms with Gasteiger partial charge in [-0.05, 0) is 48.6 Å². The van der Waals surface area contributed by atoms with Crippen molar-refractivity contribution in [1.29, 1.82) is 0 Å².